The molecule has 0 aliphatic heterocycles. The fraction of sp³-hybridized carbons (Fsp3) is 0.136. The summed E-state index contributed by atoms with van der Waals surface area (Å²) in [7, 11) is 0. The first-order chi connectivity index (χ1) is 15.4. The molecule has 0 aliphatic rings. The van der Waals surface area contributed by atoms with Crippen LogP contribution in [-0.4, -0.2) is 21.9 Å². The number of nitro benzene ring substituents is 1. The zero-order valence-electron chi connectivity index (χ0n) is 17.1. The van der Waals surface area contributed by atoms with Gasteiger partial charge in [-0.15, -0.1) is 0 Å². The van der Waals surface area contributed by atoms with Gasteiger partial charge in [0.05, 0.1) is 4.92 Å². The number of thiocarbonyl (C=S) groups is 1. The maximum atomic E-state index is 12.4. The largest absolute Gasteiger partial charge is 0.451 e. The fourth-order valence-electron chi connectivity index (χ4n) is 2.80. The summed E-state index contributed by atoms with van der Waals surface area (Å²) in [6.45, 7) is 1.93. The number of hydrogen-bond acceptors (Lipinski definition) is 6. The molecule has 164 valence electrons. The highest BCUT2D eigenvalue weighted by molar-refractivity contribution is 7.80. The summed E-state index contributed by atoms with van der Waals surface area (Å²) < 4.78 is 5.53. The van der Waals surface area contributed by atoms with Crippen LogP contribution >= 0.6 is 12.2 Å². The van der Waals surface area contributed by atoms with Gasteiger partial charge in [0.2, 0.25) is 5.91 Å². The number of nitrogens with zero attached hydrogens (tertiary/aromatic N) is 1. The van der Waals surface area contributed by atoms with Crippen LogP contribution in [0.5, 0.6) is 0 Å². The lowest BCUT2D eigenvalue weighted by Gasteiger charge is -2.10. The molecule has 3 N–H and O–H groups in total. The Labute approximate surface area is 189 Å². The molecule has 0 unspecified atom stereocenters. The van der Waals surface area contributed by atoms with E-state index in [1.54, 1.807) is 36.4 Å². The van der Waals surface area contributed by atoms with Gasteiger partial charge in [-0.1, -0.05) is 19.1 Å². The molecule has 1 heterocycles. The number of anilines is 2. The van der Waals surface area contributed by atoms with E-state index in [0.717, 1.165) is 6.42 Å². The summed E-state index contributed by atoms with van der Waals surface area (Å²) in [4.78, 5) is 34.5. The number of furan rings is 1. The minimum absolute atomic E-state index is 0.00430. The van der Waals surface area contributed by atoms with E-state index < -0.39 is 10.8 Å². The summed E-state index contributed by atoms with van der Waals surface area (Å²) >= 11 is 5.17. The number of hydrogen-bond donors (Lipinski definition) is 3. The minimum atomic E-state index is -0.567. The van der Waals surface area contributed by atoms with Gasteiger partial charge < -0.3 is 15.1 Å². The number of nitrogens with one attached hydrogen (secondary N) is 3. The van der Waals surface area contributed by atoms with Crippen molar-refractivity contribution in [3.63, 3.8) is 0 Å². The van der Waals surface area contributed by atoms with Crippen molar-refractivity contribution >= 4 is 46.2 Å². The zero-order chi connectivity index (χ0) is 23.1. The molecule has 2 aromatic carbocycles. The molecule has 10 heteroatoms. The smallest absolute Gasteiger partial charge is 0.293 e. The third-order valence-electron chi connectivity index (χ3n) is 4.30. The van der Waals surface area contributed by atoms with Crippen LogP contribution in [0.2, 0.25) is 0 Å². The van der Waals surface area contributed by atoms with Crippen LogP contribution in [0.15, 0.2) is 65.1 Å². The van der Waals surface area contributed by atoms with E-state index in [-0.39, 0.29) is 22.5 Å². The van der Waals surface area contributed by atoms with Crippen molar-refractivity contribution in [1.29, 1.82) is 0 Å². The number of non-ortho nitro benzene ring substituents is 1. The standard InChI is InChI=1S/C22H20N4O5S/c1-2-4-20(27)23-15-7-9-16(10-8-15)24-22(32)25-21(28)19-12-11-18(31-19)14-5-3-6-17(13-14)26(29)30/h3,5-13H,2,4H2,1H3,(H,23,27)(H2,24,25,28,32). The van der Waals surface area contributed by atoms with Crippen molar-refractivity contribution in [3.05, 3.63) is 76.5 Å². The van der Waals surface area contributed by atoms with Crippen LogP contribution < -0.4 is 16.0 Å². The zero-order valence-corrected chi connectivity index (χ0v) is 17.9. The number of nitro groups is 1. The fourth-order valence-corrected chi connectivity index (χ4v) is 3.01. The molecule has 0 atom stereocenters. The lowest BCUT2D eigenvalue weighted by Crippen LogP contribution is -2.33. The molecule has 0 radical (unpaired) electrons. The Morgan fingerprint density at radius 3 is 2.38 bits per heavy atom. The van der Waals surface area contributed by atoms with Crippen molar-refractivity contribution in [2.45, 2.75) is 19.8 Å². The third-order valence-corrected chi connectivity index (χ3v) is 4.51. The van der Waals surface area contributed by atoms with Gasteiger partial charge in [-0.2, -0.15) is 0 Å². The molecule has 32 heavy (non-hydrogen) atoms. The van der Waals surface area contributed by atoms with Crippen LogP contribution in [0.1, 0.15) is 30.3 Å². The first-order valence-electron chi connectivity index (χ1n) is 9.72. The van der Waals surface area contributed by atoms with Crippen LogP contribution in [-0.2, 0) is 4.79 Å². The van der Waals surface area contributed by atoms with Gasteiger partial charge in [-0.05, 0) is 55.0 Å². The van der Waals surface area contributed by atoms with E-state index in [9.17, 15) is 19.7 Å². The number of carbonyl (C=O) groups is 2. The van der Waals surface area contributed by atoms with E-state index in [0.29, 0.717) is 29.1 Å². The molecule has 0 bridgehead atoms. The Kier molecular flexibility index (Phi) is 7.29. The Balaban J connectivity index is 1.58. The van der Waals surface area contributed by atoms with E-state index >= 15 is 0 Å². The second kappa shape index (κ2) is 10.3. The van der Waals surface area contributed by atoms with Gasteiger partial charge in [0.1, 0.15) is 5.76 Å². The average molecular weight is 452 g/mol. The van der Waals surface area contributed by atoms with Crippen LogP contribution in [0.4, 0.5) is 17.1 Å². The maximum Gasteiger partial charge on any atom is 0.293 e. The maximum absolute atomic E-state index is 12.4. The lowest BCUT2D eigenvalue weighted by atomic mass is 10.1. The minimum Gasteiger partial charge on any atom is -0.451 e. The molecular weight excluding hydrogens is 432 g/mol. The Bertz CT molecular complexity index is 1160. The van der Waals surface area contributed by atoms with E-state index in [4.69, 9.17) is 16.6 Å². The van der Waals surface area contributed by atoms with Crippen molar-refractivity contribution in [1.82, 2.24) is 5.32 Å². The second-order valence-corrected chi connectivity index (χ2v) is 7.16. The van der Waals surface area contributed by atoms with Gasteiger partial charge in [0.25, 0.3) is 11.6 Å². The Morgan fingerprint density at radius 1 is 1.03 bits per heavy atom. The molecular formula is C22H20N4O5S. The average Bonchev–Trinajstić information content (AvgIpc) is 3.26. The highest BCUT2D eigenvalue weighted by atomic mass is 32.1. The molecule has 3 aromatic rings. The van der Waals surface area contributed by atoms with Crippen molar-refractivity contribution in [3.8, 4) is 11.3 Å². The lowest BCUT2D eigenvalue weighted by molar-refractivity contribution is -0.384. The van der Waals surface area contributed by atoms with Gasteiger partial charge in [0.15, 0.2) is 10.9 Å². The molecule has 0 aliphatic carbocycles. The highest BCUT2D eigenvalue weighted by Gasteiger charge is 2.15. The third kappa shape index (κ3) is 5.99. The predicted molar refractivity (Wildman–Crippen MR) is 124 cm³/mol. The molecule has 0 saturated carbocycles. The number of benzene rings is 2. The van der Waals surface area contributed by atoms with Gasteiger partial charge in [-0.3, -0.25) is 25.0 Å². The van der Waals surface area contributed by atoms with E-state index in [1.165, 1.54) is 24.3 Å². The molecule has 3 rings (SSSR count). The van der Waals surface area contributed by atoms with Gasteiger partial charge in [-0.25, -0.2) is 0 Å². The van der Waals surface area contributed by atoms with Crippen LogP contribution in [0, 0.1) is 10.1 Å². The molecule has 1 aromatic heterocycles. The van der Waals surface area contributed by atoms with Crippen LogP contribution in [0.3, 0.4) is 0 Å². The van der Waals surface area contributed by atoms with Crippen LogP contribution in [0.25, 0.3) is 11.3 Å². The summed E-state index contributed by atoms with van der Waals surface area (Å²) in [5, 5.41) is 19.2. The highest BCUT2D eigenvalue weighted by Crippen LogP contribution is 2.25. The molecule has 0 saturated heterocycles. The molecule has 2 amide bonds. The second-order valence-electron chi connectivity index (χ2n) is 6.76. The van der Waals surface area contributed by atoms with Gasteiger partial charge >= 0.3 is 0 Å². The summed E-state index contributed by atoms with van der Waals surface area (Å²) in [5.74, 6) is -0.301. The van der Waals surface area contributed by atoms with Gasteiger partial charge in [0, 0.05) is 35.5 Å². The first-order valence-corrected chi connectivity index (χ1v) is 10.1. The van der Waals surface area contributed by atoms with Crippen molar-refractivity contribution in [2.24, 2.45) is 0 Å². The predicted octanol–water partition coefficient (Wildman–Crippen LogP) is 4.72. The van der Waals surface area contributed by atoms with Crippen molar-refractivity contribution in [2.75, 3.05) is 10.6 Å². The summed E-state index contributed by atoms with van der Waals surface area (Å²) in [6.07, 6.45) is 1.22. The normalized spacial score (nSPS) is 10.3. The quantitative estimate of drug-likeness (QED) is 0.269. The Morgan fingerprint density at radius 2 is 1.72 bits per heavy atom. The first kappa shape index (κ1) is 22.6. The summed E-state index contributed by atoms with van der Waals surface area (Å²) in [5.41, 5.74) is 1.69. The number of rotatable bonds is 7. The molecule has 0 spiro atoms. The van der Waals surface area contributed by atoms with E-state index in [1.807, 2.05) is 6.92 Å². The van der Waals surface area contributed by atoms with Crippen molar-refractivity contribution < 1.29 is 18.9 Å². The van der Waals surface area contributed by atoms with E-state index in [2.05, 4.69) is 16.0 Å². The Hall–Kier alpha value is -4.05. The summed E-state index contributed by atoms with van der Waals surface area (Å²) in [6, 6.07) is 15.8. The topological polar surface area (TPSA) is 127 Å². The molecule has 9 nitrogen and oxygen atoms in total. The SMILES string of the molecule is CCCC(=O)Nc1ccc(NC(=S)NC(=O)c2ccc(-c3cccc([N+](=O)[O-])c3)o2)cc1. The number of carbonyl (C=O) groups excluding carboxylic acids is 2. The monoisotopic (exact) mass is 452 g/mol. The number of amides is 2. The molecule has 0 fully saturated rings.